The quantitative estimate of drug-likeness (QED) is 0.433. The van der Waals surface area contributed by atoms with Gasteiger partial charge in [-0.25, -0.2) is 0 Å². The van der Waals surface area contributed by atoms with Crippen LogP contribution in [0.4, 0.5) is 0 Å². The molecular formula is C23H28O6. The average molecular weight is 400 g/mol. The van der Waals surface area contributed by atoms with Gasteiger partial charge in [-0.2, -0.15) is 0 Å². The van der Waals surface area contributed by atoms with Crippen LogP contribution in [0.2, 0.25) is 0 Å². The molecule has 0 saturated heterocycles. The molecule has 0 bridgehead atoms. The molecule has 0 aromatic heterocycles. The summed E-state index contributed by atoms with van der Waals surface area (Å²) in [5, 5.41) is 20.1. The van der Waals surface area contributed by atoms with Crippen LogP contribution in [-0.4, -0.2) is 36.0 Å². The maximum Gasteiger partial charge on any atom is 0.231 e. The monoisotopic (exact) mass is 400 g/mol. The van der Waals surface area contributed by atoms with Gasteiger partial charge in [0.2, 0.25) is 6.79 Å². The number of methoxy groups -OCH3 is 1. The lowest BCUT2D eigenvalue weighted by atomic mass is 9.99. The zero-order valence-electron chi connectivity index (χ0n) is 16.7. The van der Waals surface area contributed by atoms with Crippen molar-refractivity contribution >= 4 is 5.78 Å². The van der Waals surface area contributed by atoms with Crippen LogP contribution in [0.25, 0.3) is 0 Å². The Bertz CT molecular complexity index is 832. The minimum Gasteiger partial charge on any atom is -0.507 e. The Balaban J connectivity index is 1.34. The Morgan fingerprint density at radius 3 is 2.72 bits per heavy atom. The topological polar surface area (TPSA) is 85.2 Å². The number of phenols is 1. The van der Waals surface area contributed by atoms with Gasteiger partial charge in [0.1, 0.15) is 17.1 Å². The van der Waals surface area contributed by atoms with Crippen LogP contribution in [-0.2, 0) is 6.42 Å². The summed E-state index contributed by atoms with van der Waals surface area (Å²) in [4.78, 5) is 12.4. The number of unbranched alkanes of at least 4 members (excludes halogenated alkanes) is 3. The summed E-state index contributed by atoms with van der Waals surface area (Å²) in [5.74, 6) is 1.51. The first kappa shape index (κ1) is 21.0. The fourth-order valence-electron chi connectivity index (χ4n) is 3.55. The molecule has 2 aromatic rings. The average Bonchev–Trinajstić information content (AvgIpc) is 3.18. The molecule has 0 aliphatic carbocycles. The lowest BCUT2D eigenvalue weighted by molar-refractivity contribution is 0.0858. The molecule has 0 fully saturated rings. The number of carbonyl (C=O) groups excluding carboxylic acids is 1. The zero-order chi connectivity index (χ0) is 20.6. The highest BCUT2D eigenvalue weighted by Crippen LogP contribution is 2.33. The predicted molar refractivity (Wildman–Crippen MR) is 109 cm³/mol. The Morgan fingerprint density at radius 2 is 1.90 bits per heavy atom. The normalized spacial score (nSPS) is 13.3. The maximum absolute atomic E-state index is 12.4. The summed E-state index contributed by atoms with van der Waals surface area (Å²) in [6, 6.07) is 10.7. The van der Waals surface area contributed by atoms with Crippen molar-refractivity contribution < 1.29 is 29.2 Å². The SMILES string of the molecule is COc1cccc(O)c1C(=O)CC(O)CCCCCCc1ccc2c(c1)OCO2. The Hall–Kier alpha value is -2.73. The van der Waals surface area contributed by atoms with E-state index in [2.05, 4.69) is 6.07 Å². The Labute approximate surface area is 171 Å². The Kier molecular flexibility index (Phi) is 7.36. The van der Waals surface area contributed by atoms with Gasteiger partial charge in [-0.3, -0.25) is 4.79 Å². The first-order chi connectivity index (χ1) is 14.1. The van der Waals surface area contributed by atoms with E-state index in [1.54, 1.807) is 12.1 Å². The number of carbonyl (C=O) groups is 1. The molecule has 1 heterocycles. The van der Waals surface area contributed by atoms with Crippen LogP contribution in [0, 0.1) is 0 Å². The van der Waals surface area contributed by atoms with Gasteiger partial charge in [-0.1, -0.05) is 31.4 Å². The number of aliphatic hydroxyl groups is 1. The van der Waals surface area contributed by atoms with E-state index in [9.17, 15) is 15.0 Å². The molecule has 0 spiro atoms. The molecule has 2 aromatic carbocycles. The minimum atomic E-state index is -0.722. The van der Waals surface area contributed by atoms with Crippen molar-refractivity contribution in [3.8, 4) is 23.0 Å². The number of fused-ring (bicyclic) bond motifs is 1. The molecular weight excluding hydrogens is 372 g/mol. The molecule has 1 aliphatic heterocycles. The summed E-state index contributed by atoms with van der Waals surface area (Å²) >= 11 is 0. The van der Waals surface area contributed by atoms with Crippen molar-refractivity contribution in [1.29, 1.82) is 0 Å². The molecule has 1 atom stereocenters. The van der Waals surface area contributed by atoms with E-state index >= 15 is 0 Å². The predicted octanol–water partition coefficient (Wildman–Crippen LogP) is 4.26. The molecule has 3 rings (SSSR count). The molecule has 6 heteroatoms. The number of ketones is 1. The molecule has 29 heavy (non-hydrogen) atoms. The second kappa shape index (κ2) is 10.2. The van der Waals surface area contributed by atoms with Crippen molar-refractivity contribution in [3.05, 3.63) is 47.5 Å². The van der Waals surface area contributed by atoms with Gasteiger partial charge in [0.15, 0.2) is 17.3 Å². The van der Waals surface area contributed by atoms with Crippen molar-refractivity contribution in [2.45, 2.75) is 51.0 Å². The first-order valence-corrected chi connectivity index (χ1v) is 10.0. The summed E-state index contributed by atoms with van der Waals surface area (Å²) in [6.07, 6.45) is 4.76. The minimum absolute atomic E-state index is 0.0227. The number of aromatic hydroxyl groups is 1. The molecule has 6 nitrogen and oxygen atoms in total. The van der Waals surface area contributed by atoms with Crippen LogP contribution >= 0.6 is 0 Å². The fraction of sp³-hybridized carbons (Fsp3) is 0.435. The van der Waals surface area contributed by atoms with E-state index in [1.807, 2.05) is 12.1 Å². The number of hydrogen-bond donors (Lipinski definition) is 2. The number of Topliss-reactive ketones (excluding diaryl/α,β-unsaturated/α-hetero) is 1. The zero-order valence-corrected chi connectivity index (χ0v) is 16.7. The molecule has 0 saturated carbocycles. The van der Waals surface area contributed by atoms with E-state index in [1.165, 1.54) is 18.7 Å². The van der Waals surface area contributed by atoms with E-state index in [0.29, 0.717) is 19.0 Å². The van der Waals surface area contributed by atoms with Crippen molar-refractivity contribution in [1.82, 2.24) is 0 Å². The number of benzene rings is 2. The number of aryl methyl sites for hydroxylation is 1. The lowest BCUT2D eigenvalue weighted by Gasteiger charge is -2.13. The smallest absolute Gasteiger partial charge is 0.231 e. The van der Waals surface area contributed by atoms with Crippen LogP contribution in [0.3, 0.4) is 0 Å². The largest absolute Gasteiger partial charge is 0.507 e. The number of ether oxygens (including phenoxy) is 3. The van der Waals surface area contributed by atoms with Gasteiger partial charge in [-0.05, 0) is 49.1 Å². The van der Waals surface area contributed by atoms with Crippen molar-refractivity contribution in [3.63, 3.8) is 0 Å². The van der Waals surface area contributed by atoms with Crippen molar-refractivity contribution in [2.75, 3.05) is 13.9 Å². The molecule has 0 radical (unpaired) electrons. The van der Waals surface area contributed by atoms with Crippen LogP contribution in [0.5, 0.6) is 23.0 Å². The van der Waals surface area contributed by atoms with Gasteiger partial charge in [0.05, 0.1) is 13.2 Å². The third-order valence-electron chi connectivity index (χ3n) is 5.11. The molecule has 0 amide bonds. The first-order valence-electron chi connectivity index (χ1n) is 10.0. The van der Waals surface area contributed by atoms with E-state index in [0.717, 1.165) is 43.6 Å². The molecule has 1 aliphatic rings. The van der Waals surface area contributed by atoms with Gasteiger partial charge in [0.25, 0.3) is 0 Å². The third-order valence-corrected chi connectivity index (χ3v) is 5.11. The summed E-state index contributed by atoms with van der Waals surface area (Å²) in [7, 11) is 1.45. The lowest BCUT2D eigenvalue weighted by Crippen LogP contribution is -2.14. The second-order valence-electron chi connectivity index (χ2n) is 7.28. The fourth-order valence-corrected chi connectivity index (χ4v) is 3.55. The van der Waals surface area contributed by atoms with E-state index < -0.39 is 6.10 Å². The van der Waals surface area contributed by atoms with E-state index in [-0.39, 0.29) is 23.5 Å². The van der Waals surface area contributed by atoms with Gasteiger partial charge in [-0.15, -0.1) is 0 Å². The summed E-state index contributed by atoms with van der Waals surface area (Å²) in [6.45, 7) is 0.292. The molecule has 2 N–H and O–H groups in total. The third kappa shape index (κ3) is 5.64. The van der Waals surface area contributed by atoms with Gasteiger partial charge >= 0.3 is 0 Å². The standard InChI is InChI=1S/C23H28O6/c1-27-21-10-6-9-18(25)23(21)19(26)14-17(24)8-5-3-2-4-7-16-11-12-20-22(13-16)29-15-28-20/h6,9-13,17,24-25H,2-5,7-8,14-15H2,1H3. The number of aliphatic hydroxyl groups excluding tert-OH is 1. The van der Waals surface area contributed by atoms with Crippen molar-refractivity contribution in [2.24, 2.45) is 0 Å². The Morgan fingerprint density at radius 1 is 1.10 bits per heavy atom. The van der Waals surface area contributed by atoms with Gasteiger partial charge < -0.3 is 24.4 Å². The number of rotatable bonds is 11. The van der Waals surface area contributed by atoms with E-state index in [4.69, 9.17) is 14.2 Å². The number of phenolic OH excluding ortho intramolecular Hbond substituents is 1. The van der Waals surface area contributed by atoms with Crippen LogP contribution in [0.1, 0.15) is 54.4 Å². The highest BCUT2D eigenvalue weighted by atomic mass is 16.7. The highest BCUT2D eigenvalue weighted by Gasteiger charge is 2.20. The van der Waals surface area contributed by atoms with Gasteiger partial charge in [0, 0.05) is 6.42 Å². The maximum atomic E-state index is 12.4. The van der Waals surface area contributed by atoms with Crippen LogP contribution < -0.4 is 14.2 Å². The molecule has 1 unspecified atom stereocenters. The second-order valence-corrected chi connectivity index (χ2v) is 7.28. The molecule has 156 valence electrons. The highest BCUT2D eigenvalue weighted by molar-refractivity contribution is 6.01. The summed E-state index contributed by atoms with van der Waals surface area (Å²) < 4.78 is 15.9. The summed E-state index contributed by atoms with van der Waals surface area (Å²) in [5.41, 5.74) is 1.37. The van der Waals surface area contributed by atoms with Crippen LogP contribution in [0.15, 0.2) is 36.4 Å². The number of hydrogen-bond acceptors (Lipinski definition) is 6.